The van der Waals surface area contributed by atoms with Crippen molar-refractivity contribution >= 4 is 40.4 Å². The van der Waals surface area contributed by atoms with E-state index in [1.54, 1.807) is 12.1 Å². The molecule has 0 bridgehead atoms. The SMILES string of the molecule is CN1CCc2ccc(NC(=O)C3(NC(=O)c4ccc(Cl)s4)CCC3)cc2CC1. The second-order valence-electron chi connectivity index (χ2n) is 7.73. The van der Waals surface area contributed by atoms with Crippen LogP contribution in [0.15, 0.2) is 30.3 Å². The molecule has 0 saturated heterocycles. The lowest BCUT2D eigenvalue weighted by Crippen LogP contribution is -2.61. The van der Waals surface area contributed by atoms with Gasteiger partial charge in [-0.1, -0.05) is 17.7 Å². The summed E-state index contributed by atoms with van der Waals surface area (Å²) >= 11 is 7.15. The molecule has 2 aromatic rings. The van der Waals surface area contributed by atoms with Crippen molar-refractivity contribution in [1.82, 2.24) is 10.2 Å². The highest BCUT2D eigenvalue weighted by atomic mass is 35.5. The molecular formula is C21H24ClN3O2S. The van der Waals surface area contributed by atoms with E-state index in [1.165, 1.54) is 22.5 Å². The van der Waals surface area contributed by atoms with Gasteiger partial charge in [0.2, 0.25) is 5.91 Å². The smallest absolute Gasteiger partial charge is 0.262 e. The number of rotatable bonds is 4. The molecule has 1 aromatic heterocycles. The molecule has 2 amide bonds. The van der Waals surface area contributed by atoms with Crippen LogP contribution >= 0.6 is 22.9 Å². The Balaban J connectivity index is 1.47. The minimum Gasteiger partial charge on any atom is -0.337 e. The van der Waals surface area contributed by atoms with Crippen LogP contribution in [0.4, 0.5) is 5.69 Å². The fourth-order valence-electron chi connectivity index (χ4n) is 3.82. The van der Waals surface area contributed by atoms with Gasteiger partial charge in [-0.05, 0) is 74.5 Å². The van der Waals surface area contributed by atoms with Crippen LogP contribution in [0.2, 0.25) is 4.34 Å². The Hall–Kier alpha value is -1.89. The summed E-state index contributed by atoms with van der Waals surface area (Å²) in [6.07, 6.45) is 4.24. The summed E-state index contributed by atoms with van der Waals surface area (Å²) in [7, 11) is 2.14. The molecule has 2 N–H and O–H groups in total. The van der Waals surface area contributed by atoms with Crippen molar-refractivity contribution in [2.45, 2.75) is 37.6 Å². The molecule has 1 saturated carbocycles. The Morgan fingerprint density at radius 2 is 1.86 bits per heavy atom. The predicted molar refractivity (Wildman–Crippen MR) is 113 cm³/mol. The van der Waals surface area contributed by atoms with E-state index in [4.69, 9.17) is 11.6 Å². The molecule has 0 radical (unpaired) electrons. The second kappa shape index (κ2) is 7.85. The minimum absolute atomic E-state index is 0.138. The number of carbonyl (C=O) groups excluding carboxylic acids is 2. The topological polar surface area (TPSA) is 61.4 Å². The van der Waals surface area contributed by atoms with Gasteiger partial charge >= 0.3 is 0 Å². The first-order valence-corrected chi connectivity index (χ1v) is 10.8. The molecule has 2 aliphatic rings. The van der Waals surface area contributed by atoms with Crippen molar-refractivity contribution in [3.63, 3.8) is 0 Å². The number of nitrogens with zero attached hydrogens (tertiary/aromatic N) is 1. The van der Waals surface area contributed by atoms with Crippen molar-refractivity contribution in [3.05, 3.63) is 50.7 Å². The van der Waals surface area contributed by atoms with Gasteiger partial charge in [0.1, 0.15) is 5.54 Å². The van der Waals surface area contributed by atoms with E-state index in [-0.39, 0.29) is 11.8 Å². The van der Waals surface area contributed by atoms with Gasteiger partial charge in [0.15, 0.2) is 0 Å². The van der Waals surface area contributed by atoms with E-state index in [1.807, 2.05) is 6.07 Å². The maximum absolute atomic E-state index is 13.0. The third kappa shape index (κ3) is 3.95. The zero-order valence-electron chi connectivity index (χ0n) is 15.9. The number of hydrogen-bond acceptors (Lipinski definition) is 4. The fraction of sp³-hybridized carbons (Fsp3) is 0.429. The lowest BCUT2D eigenvalue weighted by molar-refractivity contribution is -0.125. The number of likely N-dealkylation sites (N-methyl/N-ethyl adjacent to an activating group) is 1. The number of thiophene rings is 1. The third-order valence-electron chi connectivity index (χ3n) is 5.78. The van der Waals surface area contributed by atoms with Crippen molar-refractivity contribution in [2.24, 2.45) is 0 Å². The Morgan fingerprint density at radius 3 is 2.50 bits per heavy atom. The van der Waals surface area contributed by atoms with Crippen LogP contribution in [-0.4, -0.2) is 42.4 Å². The number of fused-ring (bicyclic) bond motifs is 1. The molecule has 4 rings (SSSR count). The highest BCUT2D eigenvalue weighted by Gasteiger charge is 2.45. The summed E-state index contributed by atoms with van der Waals surface area (Å²) in [5.74, 6) is -0.378. The molecule has 1 aliphatic carbocycles. The highest BCUT2D eigenvalue weighted by Crippen LogP contribution is 2.34. The van der Waals surface area contributed by atoms with E-state index in [2.05, 4.69) is 34.7 Å². The monoisotopic (exact) mass is 417 g/mol. The van der Waals surface area contributed by atoms with Gasteiger partial charge in [-0.2, -0.15) is 0 Å². The maximum Gasteiger partial charge on any atom is 0.262 e. The maximum atomic E-state index is 13.0. The number of nitrogens with one attached hydrogen (secondary N) is 2. The minimum atomic E-state index is -0.833. The van der Waals surface area contributed by atoms with E-state index in [0.717, 1.165) is 38.0 Å². The van der Waals surface area contributed by atoms with E-state index >= 15 is 0 Å². The van der Waals surface area contributed by atoms with Crippen LogP contribution in [0, 0.1) is 0 Å². The summed E-state index contributed by atoms with van der Waals surface area (Å²) < 4.78 is 0.563. The quantitative estimate of drug-likeness (QED) is 0.796. The van der Waals surface area contributed by atoms with Gasteiger partial charge < -0.3 is 15.5 Å². The normalized spacial score (nSPS) is 18.5. The molecule has 1 fully saturated rings. The lowest BCUT2D eigenvalue weighted by Gasteiger charge is -2.40. The number of carbonyl (C=O) groups is 2. The molecule has 0 spiro atoms. The summed E-state index contributed by atoms with van der Waals surface area (Å²) in [4.78, 5) is 28.4. The Bertz CT molecular complexity index is 907. The zero-order valence-corrected chi connectivity index (χ0v) is 17.5. The van der Waals surface area contributed by atoms with Gasteiger partial charge in [-0.25, -0.2) is 0 Å². The van der Waals surface area contributed by atoms with Gasteiger partial charge in [0, 0.05) is 18.8 Å². The number of anilines is 1. The average Bonchev–Trinajstić information content (AvgIpc) is 2.99. The molecule has 0 unspecified atom stereocenters. The number of hydrogen-bond donors (Lipinski definition) is 2. The molecule has 1 aromatic carbocycles. The van der Waals surface area contributed by atoms with E-state index in [9.17, 15) is 9.59 Å². The third-order valence-corrected chi connectivity index (χ3v) is 7.01. The van der Waals surface area contributed by atoms with Crippen LogP contribution in [0.1, 0.15) is 40.1 Å². The first-order valence-electron chi connectivity index (χ1n) is 9.65. The predicted octanol–water partition coefficient (Wildman–Crippen LogP) is 3.72. The van der Waals surface area contributed by atoms with E-state index in [0.29, 0.717) is 22.1 Å². The molecule has 0 atom stereocenters. The Kier molecular flexibility index (Phi) is 5.45. The van der Waals surface area contributed by atoms with Crippen molar-refractivity contribution in [1.29, 1.82) is 0 Å². The molecule has 5 nitrogen and oxygen atoms in total. The summed E-state index contributed by atoms with van der Waals surface area (Å²) in [5.41, 5.74) is 2.61. The van der Waals surface area contributed by atoms with Crippen LogP contribution in [-0.2, 0) is 17.6 Å². The average molecular weight is 418 g/mol. The first kappa shape index (κ1) is 19.4. The summed E-state index contributed by atoms with van der Waals surface area (Å²) in [6.45, 7) is 2.08. The molecule has 1 aliphatic heterocycles. The van der Waals surface area contributed by atoms with Crippen LogP contribution in [0.25, 0.3) is 0 Å². The zero-order chi connectivity index (χ0) is 19.7. The Morgan fingerprint density at radius 1 is 1.11 bits per heavy atom. The van der Waals surface area contributed by atoms with E-state index < -0.39 is 5.54 Å². The van der Waals surface area contributed by atoms with Crippen molar-refractivity contribution < 1.29 is 9.59 Å². The van der Waals surface area contributed by atoms with Gasteiger partial charge in [-0.3, -0.25) is 9.59 Å². The Labute approximate surface area is 174 Å². The first-order chi connectivity index (χ1) is 13.4. The largest absolute Gasteiger partial charge is 0.337 e. The number of halogens is 1. The lowest BCUT2D eigenvalue weighted by atomic mass is 9.75. The molecule has 2 heterocycles. The second-order valence-corrected chi connectivity index (χ2v) is 9.45. The van der Waals surface area contributed by atoms with Gasteiger partial charge in [0.25, 0.3) is 5.91 Å². The molecule has 148 valence electrons. The van der Waals surface area contributed by atoms with Crippen LogP contribution in [0.3, 0.4) is 0 Å². The molecule has 28 heavy (non-hydrogen) atoms. The summed E-state index contributed by atoms with van der Waals surface area (Å²) in [5, 5.41) is 5.99. The molecular weight excluding hydrogens is 394 g/mol. The van der Waals surface area contributed by atoms with Crippen LogP contribution in [0.5, 0.6) is 0 Å². The fourth-order valence-corrected chi connectivity index (χ4v) is 4.76. The highest BCUT2D eigenvalue weighted by molar-refractivity contribution is 7.18. The van der Waals surface area contributed by atoms with Gasteiger partial charge in [-0.15, -0.1) is 11.3 Å². The standard InChI is InChI=1S/C21H24ClN3O2S/c1-25-11-7-14-3-4-16(13-15(14)8-12-25)23-20(27)21(9-2-10-21)24-19(26)17-5-6-18(22)28-17/h3-6,13H,2,7-12H2,1H3,(H,23,27)(H,24,26). The number of benzene rings is 1. The molecule has 7 heteroatoms. The van der Waals surface area contributed by atoms with Gasteiger partial charge in [0.05, 0.1) is 9.21 Å². The summed E-state index contributed by atoms with van der Waals surface area (Å²) in [6, 6.07) is 9.55. The van der Waals surface area contributed by atoms with Crippen molar-refractivity contribution in [2.75, 3.05) is 25.5 Å². The number of amides is 2. The van der Waals surface area contributed by atoms with Crippen LogP contribution < -0.4 is 10.6 Å². The van der Waals surface area contributed by atoms with Crippen molar-refractivity contribution in [3.8, 4) is 0 Å².